The van der Waals surface area contributed by atoms with E-state index in [-0.39, 0.29) is 0 Å². The van der Waals surface area contributed by atoms with Crippen LogP contribution in [0.1, 0.15) is 61.1 Å². The Bertz CT molecular complexity index is 776. The van der Waals surface area contributed by atoms with Crippen LogP contribution in [0.3, 0.4) is 0 Å². The topological polar surface area (TPSA) is 123 Å². The van der Waals surface area contributed by atoms with Gasteiger partial charge in [0.2, 0.25) is 6.23 Å². The van der Waals surface area contributed by atoms with Crippen molar-refractivity contribution in [2.75, 3.05) is 0 Å². The molecule has 1 aliphatic rings. The van der Waals surface area contributed by atoms with Crippen molar-refractivity contribution in [1.29, 1.82) is 0 Å². The van der Waals surface area contributed by atoms with E-state index < -0.39 is 58.2 Å². The van der Waals surface area contributed by atoms with Crippen molar-refractivity contribution in [2.24, 2.45) is 10.8 Å². The van der Waals surface area contributed by atoms with E-state index in [1.54, 1.807) is 41.5 Å². The number of imidazole rings is 1. The molecule has 1 aliphatic heterocycles. The maximum absolute atomic E-state index is 12.6. The Morgan fingerprint density at radius 1 is 1.14 bits per heavy atom. The lowest BCUT2D eigenvalue weighted by molar-refractivity contribution is -0.398. The van der Waals surface area contributed by atoms with Crippen LogP contribution in [0.25, 0.3) is 0 Å². The zero-order chi connectivity index (χ0) is 22.1. The number of nitro groups is 1. The summed E-state index contributed by atoms with van der Waals surface area (Å²) in [5.41, 5.74) is -1.61. The molecular formula is C19H29N3O7. The minimum atomic E-state index is -1.06. The van der Waals surface area contributed by atoms with Crippen molar-refractivity contribution >= 4 is 17.9 Å². The monoisotopic (exact) mass is 411 g/mol. The number of esters is 2. The SMILES string of the molecule is CCC1OC(n2ccnc2[N+](=O)[O-])[C@H](OC(=O)C(C)(C)C)[C@H]1OC(=O)C(C)(C)C. The van der Waals surface area contributed by atoms with Crippen LogP contribution in [0.4, 0.5) is 5.95 Å². The van der Waals surface area contributed by atoms with Gasteiger partial charge in [0.15, 0.2) is 12.2 Å². The van der Waals surface area contributed by atoms with E-state index in [1.807, 2.05) is 6.92 Å². The van der Waals surface area contributed by atoms with Crippen molar-refractivity contribution < 1.29 is 28.7 Å². The second-order valence-electron chi connectivity index (χ2n) is 9.10. The normalized spacial score (nSPS) is 24.9. The first-order valence-electron chi connectivity index (χ1n) is 9.52. The summed E-state index contributed by atoms with van der Waals surface area (Å²) in [5, 5.41) is 11.3. The second-order valence-corrected chi connectivity index (χ2v) is 9.10. The van der Waals surface area contributed by atoms with Crippen LogP contribution < -0.4 is 0 Å². The molecule has 29 heavy (non-hydrogen) atoms. The van der Waals surface area contributed by atoms with Crippen LogP contribution >= 0.6 is 0 Å². The molecule has 0 spiro atoms. The number of ether oxygens (including phenoxy) is 3. The summed E-state index contributed by atoms with van der Waals surface area (Å²) in [6.45, 7) is 12.0. The minimum Gasteiger partial charge on any atom is -0.455 e. The highest BCUT2D eigenvalue weighted by Gasteiger charge is 2.53. The molecule has 0 aliphatic carbocycles. The van der Waals surface area contributed by atoms with Gasteiger partial charge in [-0.05, 0) is 52.9 Å². The van der Waals surface area contributed by atoms with Gasteiger partial charge in [0.1, 0.15) is 18.5 Å². The highest BCUT2D eigenvalue weighted by Crippen LogP contribution is 2.39. The molecule has 2 unspecified atom stereocenters. The maximum Gasteiger partial charge on any atom is 0.436 e. The summed E-state index contributed by atoms with van der Waals surface area (Å²) in [4.78, 5) is 39.6. The molecule has 4 atom stereocenters. The van der Waals surface area contributed by atoms with Gasteiger partial charge in [0, 0.05) is 0 Å². The molecular weight excluding hydrogens is 382 g/mol. The number of aromatic nitrogens is 2. The number of hydrogen-bond acceptors (Lipinski definition) is 8. The summed E-state index contributed by atoms with van der Waals surface area (Å²) >= 11 is 0. The molecule has 0 saturated carbocycles. The first-order valence-corrected chi connectivity index (χ1v) is 9.52. The molecule has 1 saturated heterocycles. The van der Waals surface area contributed by atoms with Gasteiger partial charge in [0.05, 0.1) is 10.8 Å². The fourth-order valence-corrected chi connectivity index (χ4v) is 2.77. The lowest BCUT2D eigenvalue weighted by atomic mass is 9.96. The van der Waals surface area contributed by atoms with E-state index in [1.165, 1.54) is 17.0 Å². The van der Waals surface area contributed by atoms with Gasteiger partial charge in [-0.1, -0.05) is 11.9 Å². The third kappa shape index (κ3) is 4.92. The Morgan fingerprint density at radius 3 is 2.10 bits per heavy atom. The quantitative estimate of drug-likeness (QED) is 0.411. The molecule has 1 fully saturated rings. The third-order valence-corrected chi connectivity index (χ3v) is 4.48. The lowest BCUT2D eigenvalue weighted by Gasteiger charge is -2.28. The summed E-state index contributed by atoms with van der Waals surface area (Å²) in [7, 11) is 0. The lowest BCUT2D eigenvalue weighted by Crippen LogP contribution is -2.43. The van der Waals surface area contributed by atoms with Crippen molar-refractivity contribution in [3.63, 3.8) is 0 Å². The molecule has 2 heterocycles. The predicted molar refractivity (Wildman–Crippen MR) is 102 cm³/mol. The van der Waals surface area contributed by atoms with Gasteiger partial charge < -0.3 is 24.3 Å². The molecule has 162 valence electrons. The Labute approximate surface area is 169 Å². The summed E-state index contributed by atoms with van der Waals surface area (Å²) in [5.74, 6) is -1.47. The Hall–Kier alpha value is -2.49. The summed E-state index contributed by atoms with van der Waals surface area (Å²) < 4.78 is 18.5. The Kier molecular flexibility index (Phi) is 6.36. The van der Waals surface area contributed by atoms with E-state index in [2.05, 4.69) is 4.98 Å². The van der Waals surface area contributed by atoms with Gasteiger partial charge in [0.25, 0.3) is 0 Å². The number of rotatable bonds is 5. The average Bonchev–Trinajstić information content (AvgIpc) is 3.18. The molecule has 0 radical (unpaired) electrons. The van der Waals surface area contributed by atoms with Gasteiger partial charge in [-0.2, -0.15) is 4.57 Å². The fourth-order valence-electron chi connectivity index (χ4n) is 2.77. The highest BCUT2D eigenvalue weighted by atomic mass is 16.7. The van der Waals surface area contributed by atoms with E-state index in [0.717, 1.165) is 0 Å². The largest absolute Gasteiger partial charge is 0.455 e. The first kappa shape index (κ1) is 22.8. The van der Waals surface area contributed by atoms with Crippen LogP contribution in [-0.2, 0) is 23.8 Å². The van der Waals surface area contributed by atoms with Gasteiger partial charge in [-0.15, -0.1) is 0 Å². The molecule has 10 nitrogen and oxygen atoms in total. The van der Waals surface area contributed by atoms with Crippen LogP contribution in [-0.4, -0.2) is 44.7 Å². The Morgan fingerprint density at radius 2 is 1.66 bits per heavy atom. The van der Waals surface area contributed by atoms with E-state index in [4.69, 9.17) is 14.2 Å². The van der Waals surface area contributed by atoms with Gasteiger partial charge >= 0.3 is 17.9 Å². The maximum atomic E-state index is 12.6. The first-order chi connectivity index (χ1) is 13.3. The summed E-state index contributed by atoms with van der Waals surface area (Å²) in [6, 6.07) is 0. The number of nitrogens with zero attached hydrogens (tertiary/aromatic N) is 3. The van der Waals surface area contributed by atoms with Crippen molar-refractivity contribution in [3.8, 4) is 0 Å². The molecule has 2 rings (SSSR count). The second kappa shape index (κ2) is 8.10. The van der Waals surface area contributed by atoms with Gasteiger partial charge in [-0.25, -0.2) is 0 Å². The Balaban J connectivity index is 2.46. The number of carbonyl (C=O) groups is 2. The molecule has 0 bridgehead atoms. The molecule has 0 amide bonds. The van der Waals surface area contributed by atoms with Crippen LogP contribution in [0, 0.1) is 20.9 Å². The van der Waals surface area contributed by atoms with Gasteiger partial charge in [-0.3, -0.25) is 9.59 Å². The van der Waals surface area contributed by atoms with Crippen molar-refractivity contribution in [1.82, 2.24) is 9.55 Å². The van der Waals surface area contributed by atoms with E-state index in [9.17, 15) is 19.7 Å². The smallest absolute Gasteiger partial charge is 0.436 e. The highest BCUT2D eigenvalue weighted by molar-refractivity contribution is 5.76. The third-order valence-electron chi connectivity index (χ3n) is 4.48. The number of hydrogen-bond donors (Lipinski definition) is 0. The van der Waals surface area contributed by atoms with E-state index in [0.29, 0.717) is 6.42 Å². The zero-order valence-electron chi connectivity index (χ0n) is 17.9. The average molecular weight is 411 g/mol. The summed E-state index contributed by atoms with van der Waals surface area (Å²) in [6.07, 6.45) is -0.542. The van der Waals surface area contributed by atoms with Crippen LogP contribution in [0.15, 0.2) is 12.4 Å². The fraction of sp³-hybridized carbons (Fsp3) is 0.737. The molecule has 1 aromatic heterocycles. The minimum absolute atomic E-state index is 0.449. The van der Waals surface area contributed by atoms with Crippen LogP contribution in [0.5, 0.6) is 0 Å². The van der Waals surface area contributed by atoms with E-state index >= 15 is 0 Å². The number of carbonyl (C=O) groups excluding carboxylic acids is 2. The zero-order valence-corrected chi connectivity index (χ0v) is 17.9. The predicted octanol–water partition coefficient (Wildman–Crippen LogP) is 3.01. The van der Waals surface area contributed by atoms with Crippen molar-refractivity contribution in [3.05, 3.63) is 22.5 Å². The van der Waals surface area contributed by atoms with Crippen LogP contribution in [0.2, 0.25) is 0 Å². The molecule has 0 N–H and O–H groups in total. The molecule has 10 heteroatoms. The molecule has 1 aromatic rings. The standard InChI is InChI=1S/C19H29N3O7/c1-8-11-12(28-15(23)18(2,3)4)13(29-16(24)19(5,6)7)14(27-11)21-10-9-20-17(21)22(25)26/h9-14H,8H2,1-7H3/t11?,12-,13+,14?/m0/s1. The van der Waals surface area contributed by atoms with Crippen molar-refractivity contribution in [2.45, 2.75) is 79.4 Å². The molecule has 0 aromatic carbocycles.